The van der Waals surface area contributed by atoms with E-state index in [4.69, 9.17) is 26.7 Å². The predicted octanol–water partition coefficient (Wildman–Crippen LogP) is 2.04. The first-order valence-electron chi connectivity index (χ1n) is 15.9. The molecular weight excluding hydrogens is 829 g/mol. The molecule has 0 aromatic heterocycles. The van der Waals surface area contributed by atoms with Crippen LogP contribution in [0.2, 0.25) is 0 Å². The van der Waals surface area contributed by atoms with Crippen molar-refractivity contribution >= 4 is 82.2 Å². The fourth-order valence-corrected chi connectivity index (χ4v) is 6.75. The molecule has 0 saturated carbocycles. The molecular formula is C36H29KN9NaO9S2. The summed E-state index contributed by atoms with van der Waals surface area (Å²) in [6.07, 6.45) is 0. The molecule has 0 aliphatic heterocycles. The summed E-state index contributed by atoms with van der Waals surface area (Å²) in [5.41, 5.74) is 19.3. The minimum absolute atomic E-state index is 0. The third-order valence-corrected chi connectivity index (χ3v) is 9.84. The first-order valence-corrected chi connectivity index (χ1v) is 18.8. The molecule has 0 amide bonds. The average molecular weight is 858 g/mol. The molecule has 0 heterocycles. The molecule has 0 unspecified atom stereocenters. The SMILES string of the molecule is COc1cc(-c2ccc(N=Nc3c(S(=O)(=O)[O-])cc4cc(S(=O)(=O)[O-])c(N=Nc5ccccc5)c(O)c4c3N)c(OC)c2)ccc1N=Nc1ccc(N)cc1N.[K+].[Na+]. The van der Waals surface area contributed by atoms with Crippen LogP contribution in [0.5, 0.6) is 17.2 Å². The second-order valence-electron chi connectivity index (χ2n) is 11.7. The number of hydrogen-bond donors (Lipinski definition) is 4. The van der Waals surface area contributed by atoms with E-state index < -0.39 is 52.8 Å². The summed E-state index contributed by atoms with van der Waals surface area (Å²) in [7, 11) is -7.88. The smallest absolute Gasteiger partial charge is 0.744 e. The summed E-state index contributed by atoms with van der Waals surface area (Å²) >= 11 is 0. The molecule has 0 spiro atoms. The molecule has 58 heavy (non-hydrogen) atoms. The van der Waals surface area contributed by atoms with Gasteiger partial charge in [-0.05, 0) is 83.2 Å². The second kappa shape index (κ2) is 19.1. The number of anilines is 3. The van der Waals surface area contributed by atoms with Crippen LogP contribution < -0.4 is 108 Å². The van der Waals surface area contributed by atoms with E-state index in [9.17, 15) is 31.0 Å². The maximum absolute atomic E-state index is 12.4. The van der Waals surface area contributed by atoms with Crippen molar-refractivity contribution in [3.8, 4) is 28.4 Å². The van der Waals surface area contributed by atoms with Crippen molar-refractivity contribution in [3.63, 3.8) is 0 Å². The van der Waals surface area contributed by atoms with Gasteiger partial charge < -0.3 is 40.9 Å². The third kappa shape index (κ3) is 10.3. The Hall–Kier alpha value is -4.36. The number of azo groups is 3. The standard InChI is InChI=1S/C36H31N9O9S2.K.Na/c1-53-28-14-19(8-11-26(28)42-41-25-13-10-22(37)18-24(25)38)20-9-12-27(29(15-20)54-2)43-44-34-30(55(47,48)49)16-21-17-31(56(50,51)52)35(36(46)32(21)33(34)39)45-40-23-6-4-3-5-7-23;;/h3-18,46H,37-39H2,1-2H3,(H,47,48,49)(H,50,51,52);;/q;2*+1/p-2. The summed E-state index contributed by atoms with van der Waals surface area (Å²) in [6, 6.07) is 24.2. The van der Waals surface area contributed by atoms with Crippen LogP contribution in [0.4, 0.5) is 51.2 Å². The number of rotatable bonds is 11. The van der Waals surface area contributed by atoms with Crippen LogP contribution in [-0.2, 0) is 20.2 Å². The van der Waals surface area contributed by atoms with E-state index in [0.29, 0.717) is 39.6 Å². The van der Waals surface area contributed by atoms with Gasteiger partial charge in [-0.25, -0.2) is 16.8 Å². The Morgan fingerprint density at radius 3 is 1.60 bits per heavy atom. The first kappa shape index (κ1) is 46.3. The Labute approximate surface area is 396 Å². The molecule has 6 aromatic rings. The third-order valence-electron chi connectivity index (χ3n) is 8.14. The molecule has 0 aliphatic rings. The van der Waals surface area contributed by atoms with Crippen molar-refractivity contribution in [2.45, 2.75) is 9.79 Å². The summed E-state index contributed by atoms with van der Waals surface area (Å²) in [4.78, 5) is -2.06. The molecule has 18 nitrogen and oxygen atoms in total. The largest absolute Gasteiger partial charge is 1.00 e. The maximum Gasteiger partial charge on any atom is 1.00 e. The number of nitrogens with two attached hydrogens (primary N) is 3. The van der Waals surface area contributed by atoms with E-state index in [0.717, 1.165) is 12.1 Å². The van der Waals surface area contributed by atoms with Crippen molar-refractivity contribution < 1.29 is 121 Å². The van der Waals surface area contributed by atoms with Gasteiger partial charge in [0.15, 0.2) is 5.75 Å². The number of benzene rings is 6. The monoisotopic (exact) mass is 857 g/mol. The Morgan fingerprint density at radius 1 is 0.603 bits per heavy atom. The van der Waals surface area contributed by atoms with Gasteiger partial charge in [0, 0.05) is 5.69 Å². The van der Waals surface area contributed by atoms with Crippen LogP contribution in [0.1, 0.15) is 0 Å². The van der Waals surface area contributed by atoms with Crippen molar-refractivity contribution in [2.24, 2.45) is 30.7 Å². The fourth-order valence-electron chi connectivity index (χ4n) is 5.45. The number of ether oxygens (including phenoxy) is 2. The van der Waals surface area contributed by atoms with Crippen LogP contribution in [0, 0.1) is 0 Å². The zero-order valence-electron chi connectivity index (χ0n) is 31.2. The fraction of sp³-hybridized carbons (Fsp3) is 0.0556. The first-order chi connectivity index (χ1) is 26.6. The summed E-state index contributed by atoms with van der Waals surface area (Å²) < 4.78 is 85.1. The number of fused-ring (bicyclic) bond motifs is 1. The number of hydrogen-bond acceptors (Lipinski definition) is 18. The summed E-state index contributed by atoms with van der Waals surface area (Å²) in [5, 5.41) is 34.7. The van der Waals surface area contributed by atoms with E-state index in [-0.39, 0.29) is 109 Å². The zero-order valence-corrected chi connectivity index (χ0v) is 37.9. The Morgan fingerprint density at radius 2 is 1.09 bits per heavy atom. The number of phenols is 1. The molecule has 6 rings (SSSR count). The zero-order chi connectivity index (χ0) is 40.4. The molecule has 6 aromatic carbocycles. The molecule has 0 radical (unpaired) electrons. The van der Waals surface area contributed by atoms with Gasteiger partial charge in [0.1, 0.15) is 60.2 Å². The Kier molecular flexibility index (Phi) is 15.3. The predicted molar refractivity (Wildman–Crippen MR) is 205 cm³/mol. The molecule has 286 valence electrons. The number of nitrogens with zero attached hydrogens (tertiary/aromatic N) is 6. The number of phenolic OH excluding ortho intramolecular Hbond substituents is 1. The molecule has 7 N–H and O–H groups in total. The van der Waals surface area contributed by atoms with E-state index in [1.807, 2.05) is 0 Å². The van der Waals surface area contributed by atoms with Gasteiger partial charge in [-0.1, -0.05) is 30.3 Å². The van der Waals surface area contributed by atoms with Gasteiger partial charge in [-0.15, -0.1) is 25.6 Å². The van der Waals surface area contributed by atoms with Gasteiger partial charge >= 0.3 is 80.9 Å². The normalized spacial score (nSPS) is 11.9. The maximum atomic E-state index is 12.4. The number of aromatic hydroxyl groups is 1. The van der Waals surface area contributed by atoms with Crippen LogP contribution in [0.3, 0.4) is 0 Å². The van der Waals surface area contributed by atoms with Crippen molar-refractivity contribution in [3.05, 3.63) is 97.1 Å². The summed E-state index contributed by atoms with van der Waals surface area (Å²) in [6.45, 7) is 0. The van der Waals surface area contributed by atoms with Crippen molar-refractivity contribution in [1.29, 1.82) is 0 Å². The van der Waals surface area contributed by atoms with E-state index in [1.165, 1.54) is 32.4 Å². The van der Waals surface area contributed by atoms with Gasteiger partial charge in [-0.3, -0.25) is 0 Å². The molecule has 0 atom stereocenters. The van der Waals surface area contributed by atoms with Gasteiger partial charge in [0.2, 0.25) is 0 Å². The van der Waals surface area contributed by atoms with E-state index in [2.05, 4.69) is 30.7 Å². The topological polar surface area (TPSA) is 305 Å². The average Bonchev–Trinajstić information content (AvgIpc) is 3.16. The summed E-state index contributed by atoms with van der Waals surface area (Å²) in [5.74, 6) is -0.399. The molecule has 0 bridgehead atoms. The molecule has 22 heteroatoms. The van der Waals surface area contributed by atoms with Gasteiger partial charge in [-0.2, -0.15) is 5.11 Å². The molecule has 0 saturated heterocycles. The molecule has 0 fully saturated rings. The van der Waals surface area contributed by atoms with E-state index in [1.54, 1.807) is 66.7 Å². The number of methoxy groups -OCH3 is 2. The molecule has 0 aliphatic carbocycles. The van der Waals surface area contributed by atoms with Crippen LogP contribution in [0.25, 0.3) is 21.9 Å². The minimum atomic E-state index is -5.37. The number of nitrogen functional groups attached to an aromatic ring is 3. The Balaban J connectivity index is 0.00000372. The van der Waals surface area contributed by atoms with Gasteiger partial charge in [0.25, 0.3) is 0 Å². The van der Waals surface area contributed by atoms with Gasteiger partial charge in [0.05, 0.1) is 46.5 Å². The van der Waals surface area contributed by atoms with Crippen molar-refractivity contribution in [1.82, 2.24) is 0 Å². The Bertz CT molecular complexity index is 2850. The second-order valence-corrected chi connectivity index (χ2v) is 14.4. The van der Waals surface area contributed by atoms with Crippen LogP contribution in [0.15, 0.2) is 138 Å². The minimum Gasteiger partial charge on any atom is -0.744 e. The van der Waals surface area contributed by atoms with Crippen molar-refractivity contribution in [2.75, 3.05) is 31.4 Å². The van der Waals surface area contributed by atoms with Crippen LogP contribution in [-0.4, -0.2) is 45.3 Å². The van der Waals surface area contributed by atoms with E-state index >= 15 is 0 Å². The van der Waals surface area contributed by atoms with Crippen LogP contribution >= 0.6 is 0 Å². The quantitative estimate of drug-likeness (QED) is 0.0630.